The van der Waals surface area contributed by atoms with Crippen LogP contribution in [0, 0.1) is 0 Å². The Labute approximate surface area is 164 Å². The van der Waals surface area contributed by atoms with Gasteiger partial charge in [0, 0.05) is 28.3 Å². The van der Waals surface area contributed by atoms with Crippen molar-refractivity contribution in [2.75, 3.05) is 0 Å². The number of fused-ring (bicyclic) bond motifs is 7. The topological polar surface area (TPSA) is 22.1 Å². The third-order valence-corrected chi connectivity index (χ3v) is 6.04. The SMILES string of the molecule is C1=CC2(Oc3ccc4ncccc4c31)c1ccccc1CCc1ccccc12. The van der Waals surface area contributed by atoms with Crippen molar-refractivity contribution in [3.05, 3.63) is 113 Å². The Hall–Kier alpha value is -3.39. The summed E-state index contributed by atoms with van der Waals surface area (Å²) in [5, 5.41) is 1.13. The zero-order chi connectivity index (χ0) is 18.6. The maximum absolute atomic E-state index is 6.89. The first-order chi connectivity index (χ1) is 13.9. The van der Waals surface area contributed by atoms with Crippen LogP contribution in [-0.4, -0.2) is 4.98 Å². The van der Waals surface area contributed by atoms with Crippen molar-refractivity contribution in [3.8, 4) is 5.75 Å². The minimum atomic E-state index is -0.591. The van der Waals surface area contributed by atoms with Crippen molar-refractivity contribution in [3.63, 3.8) is 0 Å². The summed E-state index contributed by atoms with van der Waals surface area (Å²) in [6.07, 6.45) is 8.36. The summed E-state index contributed by atoms with van der Waals surface area (Å²) in [5.74, 6) is 0.912. The number of ether oxygens (including phenoxy) is 1. The van der Waals surface area contributed by atoms with E-state index in [0.717, 1.165) is 35.1 Å². The molecule has 1 aromatic heterocycles. The van der Waals surface area contributed by atoms with Crippen LogP contribution in [0.1, 0.15) is 27.8 Å². The summed E-state index contributed by atoms with van der Waals surface area (Å²) in [6, 6.07) is 25.6. The lowest BCUT2D eigenvalue weighted by molar-refractivity contribution is 0.160. The molecule has 0 atom stereocenters. The van der Waals surface area contributed by atoms with Crippen LogP contribution >= 0.6 is 0 Å². The summed E-state index contributed by atoms with van der Waals surface area (Å²) in [6.45, 7) is 0. The fraction of sp³-hybridized carbons (Fsp3) is 0.115. The number of hydrogen-bond acceptors (Lipinski definition) is 2. The van der Waals surface area contributed by atoms with Gasteiger partial charge in [-0.05, 0) is 54.3 Å². The molecule has 0 N–H and O–H groups in total. The number of benzene rings is 3. The lowest BCUT2D eigenvalue weighted by Crippen LogP contribution is -2.35. The van der Waals surface area contributed by atoms with Crippen LogP contribution in [0.15, 0.2) is 85.1 Å². The van der Waals surface area contributed by atoms with Gasteiger partial charge >= 0.3 is 0 Å². The normalized spacial score (nSPS) is 16.0. The average Bonchev–Trinajstić information content (AvgIpc) is 2.89. The minimum Gasteiger partial charge on any atom is -0.473 e. The number of hydrogen-bond donors (Lipinski definition) is 0. The second-order valence-electron chi connectivity index (χ2n) is 7.53. The van der Waals surface area contributed by atoms with Crippen LogP contribution in [-0.2, 0) is 18.4 Å². The molecule has 134 valence electrons. The molecule has 6 rings (SSSR count). The molecule has 2 nitrogen and oxygen atoms in total. The van der Waals surface area contributed by atoms with Gasteiger partial charge in [0.25, 0.3) is 0 Å². The van der Waals surface area contributed by atoms with E-state index in [9.17, 15) is 0 Å². The van der Waals surface area contributed by atoms with Crippen molar-refractivity contribution in [1.82, 2.24) is 4.98 Å². The number of aryl methyl sites for hydroxylation is 2. The Morgan fingerprint density at radius 3 is 2.21 bits per heavy atom. The van der Waals surface area contributed by atoms with Crippen LogP contribution in [0.2, 0.25) is 0 Å². The first kappa shape index (κ1) is 15.6. The zero-order valence-electron chi connectivity index (χ0n) is 15.4. The van der Waals surface area contributed by atoms with Crippen LogP contribution < -0.4 is 4.74 Å². The number of pyridine rings is 1. The molecule has 3 aromatic carbocycles. The molecule has 0 unspecified atom stereocenters. The van der Waals surface area contributed by atoms with Crippen molar-refractivity contribution in [2.24, 2.45) is 0 Å². The van der Waals surface area contributed by atoms with E-state index in [1.807, 2.05) is 12.3 Å². The van der Waals surface area contributed by atoms with Crippen molar-refractivity contribution < 1.29 is 4.74 Å². The van der Waals surface area contributed by atoms with E-state index in [0.29, 0.717) is 0 Å². The van der Waals surface area contributed by atoms with E-state index in [-0.39, 0.29) is 0 Å². The molecule has 1 spiro atoms. The summed E-state index contributed by atoms with van der Waals surface area (Å²) in [7, 11) is 0. The van der Waals surface area contributed by atoms with Crippen molar-refractivity contribution in [2.45, 2.75) is 18.4 Å². The van der Waals surface area contributed by atoms with E-state index >= 15 is 0 Å². The lowest BCUT2D eigenvalue weighted by atomic mass is 9.81. The van der Waals surface area contributed by atoms with E-state index in [1.165, 1.54) is 22.3 Å². The van der Waals surface area contributed by atoms with Gasteiger partial charge in [-0.2, -0.15) is 0 Å². The van der Waals surface area contributed by atoms with Gasteiger partial charge in [-0.25, -0.2) is 0 Å². The summed E-state index contributed by atoms with van der Waals surface area (Å²) in [5.41, 5.74) is 6.71. The van der Waals surface area contributed by atoms with Crippen LogP contribution in [0.4, 0.5) is 0 Å². The molecule has 28 heavy (non-hydrogen) atoms. The average molecular weight is 361 g/mol. The zero-order valence-corrected chi connectivity index (χ0v) is 15.4. The van der Waals surface area contributed by atoms with Gasteiger partial charge < -0.3 is 4.74 Å². The standard InChI is InChI=1S/C26H19NO/c1-3-9-22-18(6-1)11-12-19-7-2-4-10-23(19)26(22)16-15-21-20-8-5-17-27-24(20)13-14-25(21)28-26/h1-10,13-17H,11-12H2. The second-order valence-corrected chi connectivity index (χ2v) is 7.53. The molecule has 1 aliphatic carbocycles. The largest absolute Gasteiger partial charge is 0.473 e. The highest BCUT2D eigenvalue weighted by molar-refractivity contribution is 5.91. The molecule has 0 radical (unpaired) electrons. The Kier molecular flexibility index (Phi) is 3.24. The quantitative estimate of drug-likeness (QED) is 0.402. The highest BCUT2D eigenvalue weighted by Gasteiger charge is 2.41. The number of rotatable bonds is 0. The molecular weight excluding hydrogens is 342 g/mol. The number of nitrogens with zero attached hydrogens (tertiary/aromatic N) is 1. The first-order valence-electron chi connectivity index (χ1n) is 9.78. The van der Waals surface area contributed by atoms with Gasteiger partial charge in [0.1, 0.15) is 5.75 Å². The van der Waals surface area contributed by atoms with Crippen LogP contribution in [0.5, 0.6) is 5.75 Å². The molecular formula is C26H19NO. The molecule has 2 heterocycles. The van der Waals surface area contributed by atoms with Gasteiger partial charge in [-0.1, -0.05) is 54.6 Å². The number of aromatic nitrogens is 1. The monoisotopic (exact) mass is 361 g/mol. The Morgan fingerprint density at radius 1 is 0.750 bits per heavy atom. The Bertz CT molecular complexity index is 1210. The fourth-order valence-electron chi connectivity index (χ4n) is 4.73. The van der Waals surface area contributed by atoms with Gasteiger partial charge in [-0.3, -0.25) is 4.98 Å². The van der Waals surface area contributed by atoms with Gasteiger partial charge in [0.05, 0.1) is 5.52 Å². The predicted octanol–water partition coefficient (Wildman–Crippen LogP) is 5.68. The van der Waals surface area contributed by atoms with Crippen LogP contribution in [0.25, 0.3) is 17.0 Å². The second kappa shape index (κ2) is 5.80. The Morgan fingerprint density at radius 2 is 1.46 bits per heavy atom. The smallest absolute Gasteiger partial charge is 0.178 e. The van der Waals surface area contributed by atoms with Crippen molar-refractivity contribution >= 4 is 17.0 Å². The first-order valence-corrected chi connectivity index (χ1v) is 9.78. The highest BCUT2D eigenvalue weighted by atomic mass is 16.5. The fourth-order valence-corrected chi connectivity index (χ4v) is 4.73. The molecule has 4 aromatic rings. The van der Waals surface area contributed by atoms with Gasteiger partial charge in [0.15, 0.2) is 5.60 Å². The molecule has 0 bridgehead atoms. The van der Waals surface area contributed by atoms with E-state index < -0.39 is 5.60 Å². The Balaban J connectivity index is 1.65. The van der Waals surface area contributed by atoms with Crippen LogP contribution in [0.3, 0.4) is 0 Å². The third kappa shape index (κ3) is 2.12. The lowest BCUT2D eigenvalue weighted by Gasteiger charge is -2.37. The predicted molar refractivity (Wildman–Crippen MR) is 112 cm³/mol. The molecule has 1 aliphatic heterocycles. The highest BCUT2D eigenvalue weighted by Crippen LogP contribution is 2.47. The minimum absolute atomic E-state index is 0.591. The van der Waals surface area contributed by atoms with Gasteiger partial charge in [0.2, 0.25) is 0 Å². The molecule has 0 saturated heterocycles. The van der Waals surface area contributed by atoms with E-state index in [2.05, 4.69) is 83.9 Å². The molecule has 0 fully saturated rings. The summed E-state index contributed by atoms with van der Waals surface area (Å²) >= 11 is 0. The molecule has 2 heteroatoms. The maximum Gasteiger partial charge on any atom is 0.178 e. The maximum atomic E-state index is 6.89. The third-order valence-electron chi connectivity index (χ3n) is 6.04. The van der Waals surface area contributed by atoms with Crippen molar-refractivity contribution in [1.29, 1.82) is 0 Å². The summed E-state index contributed by atoms with van der Waals surface area (Å²) < 4.78 is 6.89. The molecule has 0 saturated carbocycles. The van der Waals surface area contributed by atoms with E-state index in [1.54, 1.807) is 0 Å². The summed E-state index contributed by atoms with van der Waals surface area (Å²) in [4.78, 5) is 4.49. The van der Waals surface area contributed by atoms with Gasteiger partial charge in [-0.15, -0.1) is 0 Å². The molecule has 2 aliphatic rings. The molecule has 0 amide bonds. The van der Waals surface area contributed by atoms with E-state index in [4.69, 9.17) is 4.74 Å².